The first-order valence-electron chi connectivity index (χ1n) is 7.75. The van der Waals surface area contributed by atoms with Crippen molar-refractivity contribution in [3.8, 4) is 11.3 Å². The van der Waals surface area contributed by atoms with Crippen molar-refractivity contribution in [3.05, 3.63) is 40.2 Å². The molecule has 2 aromatic rings. The highest BCUT2D eigenvalue weighted by atomic mass is 32.2. The van der Waals surface area contributed by atoms with E-state index in [0.717, 1.165) is 22.7 Å². The molecule has 5 nitrogen and oxygen atoms in total. The summed E-state index contributed by atoms with van der Waals surface area (Å²) >= 11 is 3.19. The summed E-state index contributed by atoms with van der Waals surface area (Å²) in [6.45, 7) is 2.73. The quantitative estimate of drug-likeness (QED) is 0.858. The fourth-order valence-electron chi connectivity index (χ4n) is 2.45. The van der Waals surface area contributed by atoms with E-state index in [1.165, 1.54) is 5.56 Å². The zero-order valence-electron chi connectivity index (χ0n) is 13.4. The Morgan fingerprint density at radius 3 is 2.75 bits per heavy atom. The second kappa shape index (κ2) is 7.81. The molecule has 0 spiro atoms. The van der Waals surface area contributed by atoms with E-state index in [2.05, 4.69) is 39.9 Å². The molecule has 0 radical (unpaired) electrons. The van der Waals surface area contributed by atoms with Gasteiger partial charge in [0.05, 0.1) is 22.3 Å². The van der Waals surface area contributed by atoms with Crippen molar-refractivity contribution in [1.29, 1.82) is 0 Å². The lowest BCUT2D eigenvalue weighted by atomic mass is 10.1. The van der Waals surface area contributed by atoms with Crippen LogP contribution in [-0.4, -0.2) is 46.4 Å². The summed E-state index contributed by atoms with van der Waals surface area (Å²) in [7, 11) is 0. The van der Waals surface area contributed by atoms with E-state index in [1.807, 2.05) is 6.92 Å². The van der Waals surface area contributed by atoms with Crippen molar-refractivity contribution in [1.82, 2.24) is 15.2 Å². The molecule has 1 fully saturated rings. The molecule has 0 saturated carbocycles. The fraction of sp³-hybridized carbons (Fsp3) is 0.353. The number of hydrogen-bond donors (Lipinski definition) is 1. The number of aromatic nitrogens is 1. The molecule has 1 aliphatic rings. The molecule has 0 atom stereocenters. The van der Waals surface area contributed by atoms with Crippen LogP contribution >= 0.6 is 23.1 Å². The highest BCUT2D eigenvalue weighted by molar-refractivity contribution is 8.00. The highest BCUT2D eigenvalue weighted by Crippen LogP contribution is 2.21. The van der Waals surface area contributed by atoms with Crippen molar-refractivity contribution in [2.24, 2.45) is 0 Å². The molecule has 2 heterocycles. The van der Waals surface area contributed by atoms with E-state index >= 15 is 0 Å². The standard InChI is InChI=1S/C17H19N3O2S2/c1-12-19-15(9-24-12)14-4-2-13(3-5-14)6-7-18-16(21)8-20-11-23-10-17(20)22/h2-5,9H,6-8,10-11H2,1H3,(H,18,21). The van der Waals surface area contributed by atoms with Gasteiger partial charge in [0.15, 0.2) is 0 Å². The van der Waals surface area contributed by atoms with E-state index in [1.54, 1.807) is 28.0 Å². The van der Waals surface area contributed by atoms with Gasteiger partial charge >= 0.3 is 0 Å². The second-order valence-corrected chi connectivity index (χ2v) is 7.64. The Balaban J connectivity index is 1.45. The third-order valence-corrected chi connectivity index (χ3v) is 5.48. The summed E-state index contributed by atoms with van der Waals surface area (Å²) in [4.78, 5) is 29.4. The first-order chi connectivity index (χ1) is 11.6. The van der Waals surface area contributed by atoms with Gasteiger partial charge in [-0.05, 0) is 18.9 Å². The zero-order valence-corrected chi connectivity index (χ0v) is 15.1. The molecule has 1 aliphatic heterocycles. The van der Waals surface area contributed by atoms with Crippen LogP contribution in [0.5, 0.6) is 0 Å². The maximum atomic E-state index is 11.9. The maximum absolute atomic E-state index is 11.9. The summed E-state index contributed by atoms with van der Waals surface area (Å²) in [6.07, 6.45) is 0.769. The fourth-order valence-corrected chi connectivity index (χ4v) is 3.98. The van der Waals surface area contributed by atoms with E-state index in [4.69, 9.17) is 0 Å². The minimum atomic E-state index is -0.0968. The normalized spacial score (nSPS) is 14.2. The monoisotopic (exact) mass is 361 g/mol. The molecule has 1 aromatic carbocycles. The summed E-state index contributed by atoms with van der Waals surface area (Å²) < 4.78 is 0. The predicted molar refractivity (Wildman–Crippen MR) is 98.0 cm³/mol. The lowest BCUT2D eigenvalue weighted by Crippen LogP contribution is -2.38. The Kier molecular flexibility index (Phi) is 5.52. The number of thiazole rings is 1. The lowest BCUT2D eigenvalue weighted by molar-refractivity contribution is -0.132. The number of amides is 2. The summed E-state index contributed by atoms with van der Waals surface area (Å²) in [6, 6.07) is 8.26. The van der Waals surface area contributed by atoms with Gasteiger partial charge in [-0.3, -0.25) is 9.59 Å². The van der Waals surface area contributed by atoms with Crippen LogP contribution in [0.2, 0.25) is 0 Å². The van der Waals surface area contributed by atoms with Crippen molar-refractivity contribution in [3.63, 3.8) is 0 Å². The van der Waals surface area contributed by atoms with Crippen molar-refractivity contribution < 1.29 is 9.59 Å². The van der Waals surface area contributed by atoms with E-state index < -0.39 is 0 Å². The smallest absolute Gasteiger partial charge is 0.239 e. The third kappa shape index (κ3) is 4.36. The minimum absolute atomic E-state index is 0.0445. The van der Waals surface area contributed by atoms with Crippen LogP contribution in [0.4, 0.5) is 0 Å². The van der Waals surface area contributed by atoms with Gasteiger partial charge in [0.1, 0.15) is 6.54 Å². The van der Waals surface area contributed by atoms with Gasteiger partial charge in [-0.2, -0.15) is 0 Å². The Bertz CT molecular complexity index is 728. The zero-order chi connectivity index (χ0) is 16.9. The first-order valence-corrected chi connectivity index (χ1v) is 9.79. The molecule has 126 valence electrons. The molecule has 1 aromatic heterocycles. The topological polar surface area (TPSA) is 62.3 Å². The van der Waals surface area contributed by atoms with E-state index in [9.17, 15) is 9.59 Å². The summed E-state index contributed by atoms with van der Waals surface area (Å²) in [5, 5.41) is 6.00. The molecule has 0 aliphatic carbocycles. The third-order valence-electron chi connectivity index (χ3n) is 3.76. The van der Waals surface area contributed by atoms with Crippen LogP contribution in [0.1, 0.15) is 10.6 Å². The van der Waals surface area contributed by atoms with Gasteiger partial charge in [0.25, 0.3) is 0 Å². The van der Waals surface area contributed by atoms with E-state index in [0.29, 0.717) is 18.2 Å². The number of carbonyl (C=O) groups excluding carboxylic acids is 2. The molecule has 2 amide bonds. The largest absolute Gasteiger partial charge is 0.354 e. The Morgan fingerprint density at radius 1 is 1.33 bits per heavy atom. The predicted octanol–water partition coefficient (Wildman–Crippen LogP) is 2.31. The summed E-state index contributed by atoms with van der Waals surface area (Å²) in [5.41, 5.74) is 3.28. The van der Waals surface area contributed by atoms with Crippen LogP contribution in [0.3, 0.4) is 0 Å². The number of thioether (sulfide) groups is 1. The average Bonchev–Trinajstić information content (AvgIpc) is 3.17. The van der Waals surface area contributed by atoms with Crippen LogP contribution < -0.4 is 5.32 Å². The van der Waals surface area contributed by atoms with Gasteiger partial charge in [-0.1, -0.05) is 24.3 Å². The molecule has 0 bridgehead atoms. The molecule has 0 unspecified atom stereocenters. The molecule has 1 N–H and O–H groups in total. The SMILES string of the molecule is Cc1nc(-c2ccc(CCNC(=O)CN3CSCC3=O)cc2)cs1. The second-order valence-electron chi connectivity index (χ2n) is 5.62. The van der Waals surface area contributed by atoms with Crippen LogP contribution in [0.15, 0.2) is 29.6 Å². The molecule has 24 heavy (non-hydrogen) atoms. The van der Waals surface area contributed by atoms with Gasteiger partial charge in [0.2, 0.25) is 11.8 Å². The first kappa shape index (κ1) is 17.0. The van der Waals surface area contributed by atoms with Crippen LogP contribution in [0.25, 0.3) is 11.3 Å². The van der Waals surface area contributed by atoms with Crippen molar-refractivity contribution in [2.75, 3.05) is 24.7 Å². The molecule has 7 heteroatoms. The molecular formula is C17H19N3O2S2. The van der Waals surface area contributed by atoms with Gasteiger partial charge in [0, 0.05) is 17.5 Å². The van der Waals surface area contributed by atoms with Gasteiger partial charge < -0.3 is 10.2 Å². The number of aryl methyl sites for hydroxylation is 1. The number of benzene rings is 1. The number of nitrogens with zero attached hydrogens (tertiary/aromatic N) is 2. The summed E-state index contributed by atoms with van der Waals surface area (Å²) in [5.74, 6) is 1.05. The molecule has 3 rings (SSSR count). The molecule has 1 saturated heterocycles. The Hall–Kier alpha value is -1.86. The van der Waals surface area contributed by atoms with Crippen LogP contribution in [0, 0.1) is 6.92 Å². The number of carbonyl (C=O) groups is 2. The Morgan fingerprint density at radius 2 is 2.12 bits per heavy atom. The van der Waals surface area contributed by atoms with Gasteiger partial charge in [-0.15, -0.1) is 23.1 Å². The minimum Gasteiger partial charge on any atom is -0.354 e. The number of nitrogens with one attached hydrogen (secondary N) is 1. The highest BCUT2D eigenvalue weighted by Gasteiger charge is 2.22. The van der Waals surface area contributed by atoms with Gasteiger partial charge in [-0.25, -0.2) is 4.98 Å². The Labute approximate surface area is 149 Å². The van der Waals surface area contributed by atoms with Crippen LogP contribution in [-0.2, 0) is 16.0 Å². The number of hydrogen-bond acceptors (Lipinski definition) is 5. The van der Waals surface area contributed by atoms with E-state index in [-0.39, 0.29) is 18.4 Å². The molecular weight excluding hydrogens is 342 g/mol. The number of rotatable bonds is 6. The van der Waals surface area contributed by atoms with Crippen molar-refractivity contribution in [2.45, 2.75) is 13.3 Å². The maximum Gasteiger partial charge on any atom is 0.239 e. The van der Waals surface area contributed by atoms with Crippen molar-refractivity contribution >= 4 is 34.9 Å². The average molecular weight is 361 g/mol. The lowest BCUT2D eigenvalue weighted by Gasteiger charge is -2.14.